The Bertz CT molecular complexity index is 1030. The number of aromatic amines is 1. The normalized spacial score (nSPS) is 13.2. The van der Waals surface area contributed by atoms with Gasteiger partial charge in [-0.25, -0.2) is 0 Å². The molecule has 25 heavy (non-hydrogen) atoms. The predicted molar refractivity (Wildman–Crippen MR) is 94.9 cm³/mol. The number of hydrogen-bond acceptors (Lipinski definition) is 4. The Balaban J connectivity index is 1.61. The molecule has 2 N–H and O–H groups in total. The van der Waals surface area contributed by atoms with Crippen LogP contribution in [0.5, 0.6) is 0 Å². The molecule has 2 aromatic heterocycles. The second-order valence-corrected chi connectivity index (χ2v) is 6.55. The largest absolute Gasteiger partial charge is 0.361 e. The van der Waals surface area contributed by atoms with Crippen molar-refractivity contribution in [3.63, 3.8) is 0 Å². The highest BCUT2D eigenvalue weighted by Gasteiger charge is 2.18. The topological polar surface area (TPSA) is 88.0 Å². The Kier molecular flexibility index (Phi) is 3.67. The molecule has 2 heterocycles. The van der Waals surface area contributed by atoms with E-state index in [1.54, 1.807) is 6.92 Å². The average Bonchev–Trinajstić information content (AvgIpc) is 3.18. The zero-order valence-corrected chi connectivity index (χ0v) is 14.2. The van der Waals surface area contributed by atoms with Crippen LogP contribution in [0.1, 0.15) is 34.6 Å². The molecule has 4 rings (SSSR count). The van der Waals surface area contributed by atoms with Gasteiger partial charge in [0.05, 0.1) is 17.6 Å². The zero-order valence-electron chi connectivity index (χ0n) is 14.2. The standard InChI is InChI=1S/C19H19N3O3/c1-10-16(11(2)25-22-10)9-18(23)20-12-6-7-14-13-4-3-5-15(13)19(24)21-17(14)8-12/h6-8H,3-5,9H2,1-2H3,(H,20,23)(H,21,24). The van der Waals surface area contributed by atoms with Gasteiger partial charge in [-0.2, -0.15) is 0 Å². The molecular weight excluding hydrogens is 318 g/mol. The number of nitrogens with one attached hydrogen (secondary N) is 2. The molecule has 3 aromatic rings. The molecule has 0 atom stereocenters. The molecule has 1 aliphatic rings. The van der Waals surface area contributed by atoms with E-state index in [2.05, 4.69) is 15.5 Å². The van der Waals surface area contributed by atoms with Crippen molar-refractivity contribution < 1.29 is 9.32 Å². The fourth-order valence-electron chi connectivity index (χ4n) is 3.60. The van der Waals surface area contributed by atoms with Gasteiger partial charge in [0.2, 0.25) is 5.91 Å². The fourth-order valence-corrected chi connectivity index (χ4v) is 3.60. The number of aromatic nitrogens is 2. The van der Waals surface area contributed by atoms with Crippen LogP contribution < -0.4 is 10.9 Å². The van der Waals surface area contributed by atoms with E-state index in [0.29, 0.717) is 11.4 Å². The molecule has 1 aliphatic carbocycles. The van der Waals surface area contributed by atoms with Crippen molar-refractivity contribution in [3.05, 3.63) is 56.7 Å². The fraction of sp³-hybridized carbons (Fsp3) is 0.316. The van der Waals surface area contributed by atoms with Gasteiger partial charge in [-0.15, -0.1) is 0 Å². The molecule has 1 aromatic carbocycles. The van der Waals surface area contributed by atoms with E-state index in [4.69, 9.17) is 4.52 Å². The van der Waals surface area contributed by atoms with Gasteiger partial charge >= 0.3 is 0 Å². The Morgan fingerprint density at radius 2 is 2.08 bits per heavy atom. The number of anilines is 1. The summed E-state index contributed by atoms with van der Waals surface area (Å²) in [6.45, 7) is 3.62. The molecule has 1 amide bonds. The number of nitrogens with zero attached hydrogens (tertiary/aromatic N) is 1. The summed E-state index contributed by atoms with van der Waals surface area (Å²) in [5, 5.41) is 7.81. The Morgan fingerprint density at radius 1 is 1.28 bits per heavy atom. The van der Waals surface area contributed by atoms with Crippen LogP contribution in [-0.2, 0) is 24.1 Å². The van der Waals surface area contributed by atoms with E-state index in [1.165, 1.54) is 0 Å². The van der Waals surface area contributed by atoms with Crippen LogP contribution in [0.2, 0.25) is 0 Å². The van der Waals surface area contributed by atoms with Crippen LogP contribution in [0.3, 0.4) is 0 Å². The summed E-state index contributed by atoms with van der Waals surface area (Å²) in [4.78, 5) is 27.4. The van der Waals surface area contributed by atoms with E-state index < -0.39 is 0 Å². The lowest BCUT2D eigenvalue weighted by atomic mass is 10.1. The summed E-state index contributed by atoms with van der Waals surface area (Å²) in [6.07, 6.45) is 3.01. The minimum Gasteiger partial charge on any atom is -0.361 e. The highest BCUT2D eigenvalue weighted by Crippen LogP contribution is 2.27. The van der Waals surface area contributed by atoms with E-state index in [9.17, 15) is 9.59 Å². The van der Waals surface area contributed by atoms with Crippen molar-refractivity contribution in [2.75, 3.05) is 5.32 Å². The number of rotatable bonds is 3. The number of benzene rings is 1. The number of carbonyl (C=O) groups excluding carboxylic acids is 1. The summed E-state index contributed by atoms with van der Waals surface area (Å²) in [5.41, 5.74) is 5.00. The maximum atomic E-state index is 12.3. The lowest BCUT2D eigenvalue weighted by molar-refractivity contribution is -0.115. The SMILES string of the molecule is Cc1noc(C)c1CC(=O)Nc1ccc2c3c(c(=O)[nH]c2c1)CCC3. The molecule has 6 nitrogen and oxygen atoms in total. The summed E-state index contributed by atoms with van der Waals surface area (Å²) in [6, 6.07) is 5.67. The first kappa shape index (κ1) is 15.6. The third kappa shape index (κ3) is 2.73. The van der Waals surface area contributed by atoms with Gasteiger partial charge in [-0.3, -0.25) is 9.59 Å². The van der Waals surface area contributed by atoms with Gasteiger partial charge in [0.1, 0.15) is 5.76 Å². The maximum Gasteiger partial charge on any atom is 0.251 e. The van der Waals surface area contributed by atoms with Gasteiger partial charge in [-0.05, 0) is 50.8 Å². The number of amides is 1. The third-order valence-corrected chi connectivity index (χ3v) is 4.89. The molecule has 0 spiro atoms. The monoisotopic (exact) mass is 337 g/mol. The van der Waals surface area contributed by atoms with E-state index in [-0.39, 0.29) is 17.9 Å². The average molecular weight is 337 g/mol. The van der Waals surface area contributed by atoms with Gasteiger partial charge in [0, 0.05) is 22.2 Å². The lowest BCUT2D eigenvalue weighted by Crippen LogP contribution is -2.16. The van der Waals surface area contributed by atoms with Crippen molar-refractivity contribution in [1.29, 1.82) is 0 Å². The molecule has 6 heteroatoms. The zero-order chi connectivity index (χ0) is 17.6. The first-order chi connectivity index (χ1) is 12.0. The number of fused-ring (bicyclic) bond motifs is 3. The van der Waals surface area contributed by atoms with Gasteiger partial charge in [0.25, 0.3) is 5.56 Å². The highest BCUT2D eigenvalue weighted by molar-refractivity contribution is 5.95. The van der Waals surface area contributed by atoms with Crippen molar-refractivity contribution in [1.82, 2.24) is 10.1 Å². The van der Waals surface area contributed by atoms with Gasteiger partial charge in [-0.1, -0.05) is 11.2 Å². The first-order valence-electron chi connectivity index (χ1n) is 8.42. The number of H-pyrrole nitrogens is 1. The van der Waals surface area contributed by atoms with Crippen molar-refractivity contribution >= 4 is 22.5 Å². The third-order valence-electron chi connectivity index (χ3n) is 4.89. The molecular formula is C19H19N3O3. The van der Waals surface area contributed by atoms with Crippen LogP contribution in [0, 0.1) is 13.8 Å². The predicted octanol–water partition coefficient (Wildman–Crippen LogP) is 2.80. The summed E-state index contributed by atoms with van der Waals surface area (Å²) in [5.74, 6) is 0.517. The lowest BCUT2D eigenvalue weighted by Gasteiger charge is -2.09. The van der Waals surface area contributed by atoms with Crippen LogP contribution in [0.4, 0.5) is 5.69 Å². The van der Waals surface area contributed by atoms with Crippen LogP contribution in [-0.4, -0.2) is 16.0 Å². The Labute approximate surface area is 144 Å². The molecule has 0 unspecified atom stereocenters. The van der Waals surface area contributed by atoms with Crippen molar-refractivity contribution in [2.45, 2.75) is 39.5 Å². The first-order valence-corrected chi connectivity index (χ1v) is 8.42. The van der Waals surface area contributed by atoms with Gasteiger partial charge in [0.15, 0.2) is 0 Å². The molecule has 0 radical (unpaired) electrons. The minimum atomic E-state index is -0.141. The maximum absolute atomic E-state index is 12.3. The second-order valence-electron chi connectivity index (χ2n) is 6.55. The Hall–Kier alpha value is -2.89. The van der Waals surface area contributed by atoms with E-state index in [1.807, 2.05) is 25.1 Å². The molecule has 0 saturated heterocycles. The molecule has 0 bridgehead atoms. The van der Waals surface area contributed by atoms with Crippen molar-refractivity contribution in [3.8, 4) is 0 Å². The van der Waals surface area contributed by atoms with Crippen molar-refractivity contribution in [2.24, 2.45) is 0 Å². The smallest absolute Gasteiger partial charge is 0.251 e. The van der Waals surface area contributed by atoms with Crippen LogP contribution in [0.25, 0.3) is 10.9 Å². The number of hydrogen-bond donors (Lipinski definition) is 2. The summed E-state index contributed by atoms with van der Waals surface area (Å²) >= 11 is 0. The van der Waals surface area contributed by atoms with Crippen LogP contribution >= 0.6 is 0 Å². The molecule has 0 fully saturated rings. The molecule has 0 aliphatic heterocycles. The van der Waals surface area contributed by atoms with E-state index >= 15 is 0 Å². The molecule has 0 saturated carbocycles. The minimum absolute atomic E-state index is 0.0146. The quantitative estimate of drug-likeness (QED) is 0.769. The summed E-state index contributed by atoms with van der Waals surface area (Å²) in [7, 11) is 0. The highest BCUT2D eigenvalue weighted by atomic mass is 16.5. The van der Waals surface area contributed by atoms with E-state index in [0.717, 1.165) is 52.5 Å². The van der Waals surface area contributed by atoms with Gasteiger partial charge < -0.3 is 14.8 Å². The summed E-state index contributed by atoms with van der Waals surface area (Å²) < 4.78 is 5.09. The second kappa shape index (κ2) is 5.88. The number of aryl methyl sites for hydroxylation is 3. The number of carbonyl (C=O) groups is 1. The Morgan fingerprint density at radius 3 is 2.84 bits per heavy atom. The molecule has 128 valence electrons. The van der Waals surface area contributed by atoms with Crippen LogP contribution in [0.15, 0.2) is 27.5 Å². The number of pyridine rings is 1.